The normalized spacial score (nSPS) is 11.6. The minimum atomic E-state index is -3.45. The topological polar surface area (TPSA) is 88.2 Å². The van der Waals surface area contributed by atoms with Crippen molar-refractivity contribution in [3.05, 3.63) is 59.8 Å². The van der Waals surface area contributed by atoms with Crippen molar-refractivity contribution in [2.24, 2.45) is 0 Å². The number of pyridine rings is 1. The fourth-order valence-corrected chi connectivity index (χ4v) is 2.49. The van der Waals surface area contributed by atoms with Crippen LogP contribution in [-0.2, 0) is 14.8 Å². The van der Waals surface area contributed by atoms with Crippen LogP contribution in [0.4, 0.5) is 5.82 Å². The summed E-state index contributed by atoms with van der Waals surface area (Å²) in [5.41, 5.74) is 1.72. The number of anilines is 1. The molecule has 0 spiro atoms. The van der Waals surface area contributed by atoms with Crippen molar-refractivity contribution < 1.29 is 13.2 Å². The molecule has 1 heterocycles. The number of aryl methyl sites for hydroxylation is 1. The molecule has 0 bridgehead atoms. The third-order valence-electron chi connectivity index (χ3n) is 3.05. The molecule has 0 saturated heterocycles. The first-order valence-electron chi connectivity index (χ1n) is 6.86. The molecule has 2 N–H and O–H groups in total. The van der Waals surface area contributed by atoms with Crippen molar-refractivity contribution in [2.45, 2.75) is 11.8 Å². The van der Waals surface area contributed by atoms with Gasteiger partial charge in [-0.3, -0.25) is 4.79 Å². The second-order valence-corrected chi connectivity index (χ2v) is 6.71. The highest BCUT2D eigenvalue weighted by atomic mass is 32.2. The Labute approximate surface area is 135 Å². The molecule has 0 unspecified atom stereocenters. The zero-order chi connectivity index (χ0) is 16.9. The standard InChI is InChI=1S/C16H17N3O3S/c1-12-3-9-15(18-11-12)19-16(20)10-6-13-4-7-14(8-5-13)23(21,22)17-2/h3-11,17H,1-2H3,(H,18,19,20)/b10-6-. The number of benzene rings is 1. The highest BCUT2D eigenvalue weighted by Gasteiger charge is 2.09. The Morgan fingerprint density at radius 1 is 1.13 bits per heavy atom. The Hall–Kier alpha value is -2.51. The van der Waals surface area contributed by atoms with Crippen LogP contribution in [-0.4, -0.2) is 26.4 Å². The summed E-state index contributed by atoms with van der Waals surface area (Å²) in [7, 11) is -2.10. The molecule has 23 heavy (non-hydrogen) atoms. The number of hydrogen-bond acceptors (Lipinski definition) is 4. The number of sulfonamides is 1. The van der Waals surface area contributed by atoms with Crippen LogP contribution in [0.25, 0.3) is 6.08 Å². The molecule has 1 aromatic heterocycles. The molecular formula is C16H17N3O3S. The summed E-state index contributed by atoms with van der Waals surface area (Å²) in [5, 5.41) is 2.64. The monoisotopic (exact) mass is 331 g/mol. The molecule has 1 aromatic carbocycles. The van der Waals surface area contributed by atoms with Gasteiger partial charge in [0.05, 0.1) is 4.90 Å². The van der Waals surface area contributed by atoms with Gasteiger partial charge in [-0.15, -0.1) is 0 Å². The second kappa shape index (κ2) is 7.17. The Morgan fingerprint density at radius 2 is 1.83 bits per heavy atom. The molecule has 0 aliphatic rings. The lowest BCUT2D eigenvalue weighted by Crippen LogP contribution is -2.18. The van der Waals surface area contributed by atoms with Crippen molar-refractivity contribution in [1.82, 2.24) is 9.71 Å². The minimum Gasteiger partial charge on any atom is -0.307 e. The van der Waals surface area contributed by atoms with E-state index >= 15 is 0 Å². The Morgan fingerprint density at radius 3 is 2.39 bits per heavy atom. The molecule has 0 aliphatic carbocycles. The average molecular weight is 331 g/mol. The number of amides is 1. The lowest BCUT2D eigenvalue weighted by atomic mass is 10.2. The summed E-state index contributed by atoms with van der Waals surface area (Å²) >= 11 is 0. The Bertz CT molecular complexity index is 811. The SMILES string of the molecule is CNS(=O)(=O)c1ccc(/C=C\C(=O)Nc2ccc(C)cn2)cc1. The molecule has 0 radical (unpaired) electrons. The smallest absolute Gasteiger partial charge is 0.249 e. The molecule has 120 valence electrons. The highest BCUT2D eigenvalue weighted by molar-refractivity contribution is 7.89. The van der Waals surface area contributed by atoms with E-state index in [1.807, 2.05) is 13.0 Å². The van der Waals surface area contributed by atoms with Gasteiger partial charge in [0, 0.05) is 12.3 Å². The van der Waals surface area contributed by atoms with Crippen molar-refractivity contribution in [3.63, 3.8) is 0 Å². The maximum atomic E-state index is 11.8. The van der Waals surface area contributed by atoms with Crippen molar-refractivity contribution in [3.8, 4) is 0 Å². The van der Waals surface area contributed by atoms with E-state index in [-0.39, 0.29) is 10.8 Å². The van der Waals surface area contributed by atoms with Crippen LogP contribution in [0.15, 0.2) is 53.6 Å². The Balaban J connectivity index is 2.02. The summed E-state index contributed by atoms with van der Waals surface area (Å²) in [4.78, 5) is 16.1. The third-order valence-corrected chi connectivity index (χ3v) is 4.48. The summed E-state index contributed by atoms with van der Waals surface area (Å²) in [6, 6.07) is 9.78. The summed E-state index contributed by atoms with van der Waals surface area (Å²) in [6.07, 6.45) is 4.63. The molecule has 0 fully saturated rings. The quantitative estimate of drug-likeness (QED) is 0.820. The molecular weight excluding hydrogens is 314 g/mol. The van der Waals surface area contributed by atoms with Crippen LogP contribution in [0, 0.1) is 6.92 Å². The predicted molar refractivity (Wildman–Crippen MR) is 89.3 cm³/mol. The van der Waals surface area contributed by atoms with Gasteiger partial charge < -0.3 is 5.32 Å². The number of carbonyl (C=O) groups is 1. The molecule has 7 heteroatoms. The van der Waals surface area contributed by atoms with E-state index in [1.54, 1.807) is 30.5 Å². The molecule has 2 rings (SSSR count). The molecule has 0 aliphatic heterocycles. The Kier molecular flexibility index (Phi) is 5.25. The number of carbonyl (C=O) groups excluding carboxylic acids is 1. The number of rotatable bonds is 5. The number of nitrogens with one attached hydrogen (secondary N) is 2. The van der Waals surface area contributed by atoms with E-state index in [4.69, 9.17) is 0 Å². The zero-order valence-electron chi connectivity index (χ0n) is 12.8. The van der Waals surface area contributed by atoms with Gasteiger partial charge >= 0.3 is 0 Å². The molecule has 0 saturated carbocycles. The lowest BCUT2D eigenvalue weighted by Gasteiger charge is -2.03. The van der Waals surface area contributed by atoms with Gasteiger partial charge in [-0.1, -0.05) is 18.2 Å². The first kappa shape index (κ1) is 16.9. The predicted octanol–water partition coefficient (Wildman–Crippen LogP) is 1.95. The fourth-order valence-electron chi connectivity index (χ4n) is 1.76. The van der Waals surface area contributed by atoms with Gasteiger partial charge in [0.25, 0.3) is 0 Å². The van der Waals surface area contributed by atoms with Crippen LogP contribution < -0.4 is 10.0 Å². The van der Waals surface area contributed by atoms with Crippen molar-refractivity contribution >= 4 is 27.8 Å². The summed E-state index contributed by atoms with van der Waals surface area (Å²) < 4.78 is 25.5. The lowest BCUT2D eigenvalue weighted by molar-refractivity contribution is -0.111. The first-order chi connectivity index (χ1) is 10.9. The van der Waals surface area contributed by atoms with Gasteiger partial charge in [-0.2, -0.15) is 0 Å². The fraction of sp³-hybridized carbons (Fsp3) is 0.125. The molecule has 6 nitrogen and oxygen atoms in total. The van der Waals surface area contributed by atoms with Crippen LogP contribution >= 0.6 is 0 Å². The highest BCUT2D eigenvalue weighted by Crippen LogP contribution is 2.11. The van der Waals surface area contributed by atoms with E-state index in [2.05, 4.69) is 15.0 Å². The van der Waals surface area contributed by atoms with Crippen LogP contribution in [0.2, 0.25) is 0 Å². The maximum Gasteiger partial charge on any atom is 0.249 e. The van der Waals surface area contributed by atoms with E-state index in [0.717, 1.165) is 5.56 Å². The van der Waals surface area contributed by atoms with Crippen molar-refractivity contribution in [1.29, 1.82) is 0 Å². The van der Waals surface area contributed by atoms with Gasteiger partial charge in [0.1, 0.15) is 5.82 Å². The molecule has 1 amide bonds. The van der Waals surface area contributed by atoms with Gasteiger partial charge in [-0.25, -0.2) is 18.1 Å². The summed E-state index contributed by atoms with van der Waals surface area (Å²) in [6.45, 7) is 1.91. The van der Waals surface area contributed by atoms with E-state index < -0.39 is 10.0 Å². The number of aromatic nitrogens is 1. The van der Waals surface area contributed by atoms with E-state index in [0.29, 0.717) is 11.4 Å². The van der Waals surface area contributed by atoms with Crippen LogP contribution in [0.1, 0.15) is 11.1 Å². The first-order valence-corrected chi connectivity index (χ1v) is 8.34. The van der Waals surface area contributed by atoms with E-state index in [9.17, 15) is 13.2 Å². The van der Waals surface area contributed by atoms with Crippen LogP contribution in [0.5, 0.6) is 0 Å². The van der Waals surface area contributed by atoms with Gasteiger partial charge in [-0.05, 0) is 49.4 Å². The average Bonchev–Trinajstić information content (AvgIpc) is 2.55. The van der Waals surface area contributed by atoms with E-state index in [1.165, 1.54) is 25.3 Å². The van der Waals surface area contributed by atoms with Crippen molar-refractivity contribution in [2.75, 3.05) is 12.4 Å². The zero-order valence-corrected chi connectivity index (χ0v) is 13.6. The third kappa shape index (κ3) is 4.73. The molecule has 2 aromatic rings. The summed E-state index contributed by atoms with van der Waals surface area (Å²) in [5.74, 6) is 0.161. The number of hydrogen-bond donors (Lipinski definition) is 2. The largest absolute Gasteiger partial charge is 0.307 e. The minimum absolute atomic E-state index is 0.172. The number of nitrogens with zero attached hydrogens (tertiary/aromatic N) is 1. The molecule has 0 atom stereocenters. The van der Waals surface area contributed by atoms with Gasteiger partial charge in [0.2, 0.25) is 15.9 Å². The maximum absolute atomic E-state index is 11.8. The van der Waals surface area contributed by atoms with Gasteiger partial charge in [0.15, 0.2) is 0 Å². The van der Waals surface area contributed by atoms with Crippen LogP contribution in [0.3, 0.4) is 0 Å². The second-order valence-electron chi connectivity index (χ2n) is 4.82.